The maximum atomic E-state index is 10.1. The Morgan fingerprint density at radius 3 is 2.83 bits per heavy atom. The molecule has 1 fully saturated rings. The predicted molar refractivity (Wildman–Crippen MR) is 79.8 cm³/mol. The van der Waals surface area contributed by atoms with Gasteiger partial charge in [0.2, 0.25) is 0 Å². The fourth-order valence-corrected chi connectivity index (χ4v) is 4.39. The van der Waals surface area contributed by atoms with Crippen molar-refractivity contribution in [3.63, 3.8) is 0 Å². The summed E-state index contributed by atoms with van der Waals surface area (Å²) in [4.78, 5) is 3.53. The molecule has 1 aliphatic carbocycles. The van der Waals surface area contributed by atoms with Crippen LogP contribution in [0.2, 0.25) is 0 Å². The Balaban J connectivity index is 2.11. The van der Waals surface area contributed by atoms with Crippen LogP contribution in [-0.2, 0) is 0 Å². The monoisotopic (exact) mass is 332 g/mol. The Labute approximate surface area is 121 Å². The van der Waals surface area contributed by atoms with Gasteiger partial charge in [-0.25, -0.2) is 0 Å². The summed E-state index contributed by atoms with van der Waals surface area (Å²) in [6, 6.07) is 2.58. The molecule has 0 bridgehead atoms. The average Bonchev–Trinajstić information content (AvgIpc) is 2.77. The summed E-state index contributed by atoms with van der Waals surface area (Å²) in [5.41, 5.74) is 5.94. The molecule has 3 atom stereocenters. The summed E-state index contributed by atoms with van der Waals surface area (Å²) >= 11 is 5.21. The van der Waals surface area contributed by atoms with Crippen LogP contribution < -0.4 is 5.73 Å². The molecule has 0 aromatic carbocycles. The smallest absolute Gasteiger partial charge is 0.0695 e. The van der Waals surface area contributed by atoms with Crippen molar-refractivity contribution < 1.29 is 5.11 Å². The summed E-state index contributed by atoms with van der Waals surface area (Å²) < 4.78 is 1.11. The molecule has 0 saturated heterocycles. The summed E-state index contributed by atoms with van der Waals surface area (Å²) in [7, 11) is 2.09. The van der Waals surface area contributed by atoms with Crippen molar-refractivity contribution >= 4 is 27.3 Å². The van der Waals surface area contributed by atoms with Crippen LogP contribution in [0.4, 0.5) is 0 Å². The third-order valence-electron chi connectivity index (χ3n) is 3.85. The number of aliphatic hydroxyl groups excluding tert-OH is 1. The lowest BCUT2D eigenvalue weighted by Gasteiger charge is -2.39. The number of nitrogens with two attached hydrogens (primary N) is 1. The zero-order chi connectivity index (χ0) is 13.1. The maximum Gasteiger partial charge on any atom is 0.0695 e. The van der Waals surface area contributed by atoms with E-state index in [0.29, 0.717) is 6.54 Å². The van der Waals surface area contributed by atoms with Gasteiger partial charge < -0.3 is 10.8 Å². The minimum atomic E-state index is -0.207. The molecule has 3 N–H and O–H groups in total. The molecule has 2 rings (SSSR count). The lowest BCUT2D eigenvalue weighted by atomic mass is 9.90. The highest BCUT2D eigenvalue weighted by atomic mass is 79.9. The molecule has 102 valence electrons. The molecular formula is C13H21BrN2OS. The lowest BCUT2D eigenvalue weighted by Crippen LogP contribution is -2.46. The van der Waals surface area contributed by atoms with Crippen molar-refractivity contribution in [1.82, 2.24) is 4.90 Å². The van der Waals surface area contributed by atoms with Gasteiger partial charge in [-0.15, -0.1) is 11.3 Å². The van der Waals surface area contributed by atoms with Crippen LogP contribution in [0, 0.1) is 0 Å². The van der Waals surface area contributed by atoms with Gasteiger partial charge in [-0.05, 0) is 41.9 Å². The first-order valence-electron chi connectivity index (χ1n) is 6.47. The van der Waals surface area contributed by atoms with E-state index in [-0.39, 0.29) is 18.2 Å². The fourth-order valence-electron chi connectivity index (χ4n) is 2.78. The third kappa shape index (κ3) is 3.14. The van der Waals surface area contributed by atoms with Gasteiger partial charge in [-0.3, -0.25) is 4.90 Å². The van der Waals surface area contributed by atoms with Crippen LogP contribution in [0.1, 0.15) is 36.6 Å². The molecule has 5 heteroatoms. The minimum absolute atomic E-state index is 0.207. The van der Waals surface area contributed by atoms with Gasteiger partial charge in [0.25, 0.3) is 0 Å². The normalized spacial score (nSPS) is 26.5. The largest absolute Gasteiger partial charge is 0.391 e. The molecule has 3 unspecified atom stereocenters. The van der Waals surface area contributed by atoms with E-state index in [0.717, 1.165) is 23.7 Å². The van der Waals surface area contributed by atoms with Crippen LogP contribution in [0.25, 0.3) is 0 Å². The van der Waals surface area contributed by atoms with E-state index >= 15 is 0 Å². The predicted octanol–water partition coefficient (Wildman–Crippen LogP) is 2.75. The molecule has 3 nitrogen and oxygen atoms in total. The van der Waals surface area contributed by atoms with E-state index in [1.165, 1.54) is 11.3 Å². The second-order valence-electron chi connectivity index (χ2n) is 5.00. The number of rotatable bonds is 4. The Hall–Kier alpha value is 0.0600. The molecule has 0 spiro atoms. The Bertz CT molecular complexity index is 385. The highest BCUT2D eigenvalue weighted by Gasteiger charge is 2.31. The maximum absolute atomic E-state index is 10.1. The summed E-state index contributed by atoms with van der Waals surface area (Å²) in [6.45, 7) is 0.590. The van der Waals surface area contributed by atoms with E-state index in [4.69, 9.17) is 5.73 Å². The molecule has 18 heavy (non-hydrogen) atoms. The molecule has 0 amide bonds. The number of hydrogen-bond donors (Lipinski definition) is 2. The van der Waals surface area contributed by atoms with Gasteiger partial charge in [0.05, 0.1) is 12.1 Å². The first-order chi connectivity index (χ1) is 8.63. The van der Waals surface area contributed by atoms with Crippen molar-refractivity contribution in [2.24, 2.45) is 5.73 Å². The quantitative estimate of drug-likeness (QED) is 0.891. The van der Waals surface area contributed by atoms with Gasteiger partial charge >= 0.3 is 0 Å². The first-order valence-corrected chi connectivity index (χ1v) is 8.14. The zero-order valence-corrected chi connectivity index (χ0v) is 13.1. The van der Waals surface area contributed by atoms with Crippen molar-refractivity contribution in [2.45, 2.75) is 43.9 Å². The van der Waals surface area contributed by atoms with Crippen molar-refractivity contribution in [3.8, 4) is 0 Å². The second-order valence-corrected chi connectivity index (χ2v) is 6.86. The number of halogens is 1. The van der Waals surface area contributed by atoms with Crippen LogP contribution in [-0.4, -0.2) is 35.7 Å². The second kappa shape index (κ2) is 6.48. The molecular weight excluding hydrogens is 312 g/mol. The number of thiophene rings is 1. The van der Waals surface area contributed by atoms with Crippen molar-refractivity contribution in [1.29, 1.82) is 0 Å². The molecule has 1 saturated carbocycles. The number of hydrogen-bond acceptors (Lipinski definition) is 4. The minimum Gasteiger partial charge on any atom is -0.391 e. The highest BCUT2D eigenvalue weighted by Crippen LogP contribution is 2.32. The van der Waals surface area contributed by atoms with Crippen molar-refractivity contribution in [3.05, 3.63) is 20.8 Å². The van der Waals surface area contributed by atoms with Crippen LogP contribution in [0.3, 0.4) is 0 Å². The molecule has 0 aliphatic heterocycles. The van der Waals surface area contributed by atoms with Crippen LogP contribution in [0.15, 0.2) is 15.9 Å². The standard InChI is InChI=1S/C13H21BrN2OS/c1-16(10-4-2-3-5-12(10)17)11(7-15)13-6-9(14)8-18-13/h6,8,10-12,17H,2-5,7,15H2,1H3. The molecule has 1 aromatic rings. The van der Waals surface area contributed by atoms with Crippen LogP contribution >= 0.6 is 27.3 Å². The van der Waals surface area contributed by atoms with E-state index in [1.54, 1.807) is 11.3 Å². The van der Waals surface area contributed by atoms with E-state index in [2.05, 4.69) is 39.3 Å². The van der Waals surface area contributed by atoms with E-state index in [1.807, 2.05) is 0 Å². The van der Waals surface area contributed by atoms with Gasteiger partial charge in [0.1, 0.15) is 0 Å². The van der Waals surface area contributed by atoms with Gasteiger partial charge in [0.15, 0.2) is 0 Å². The van der Waals surface area contributed by atoms with E-state index < -0.39 is 0 Å². The fraction of sp³-hybridized carbons (Fsp3) is 0.692. The average molecular weight is 333 g/mol. The van der Waals surface area contributed by atoms with Crippen LogP contribution in [0.5, 0.6) is 0 Å². The Kier molecular flexibility index (Phi) is 5.21. The first kappa shape index (κ1) is 14.5. The Morgan fingerprint density at radius 1 is 1.56 bits per heavy atom. The van der Waals surface area contributed by atoms with E-state index in [9.17, 15) is 5.11 Å². The SMILES string of the molecule is CN(C(CN)c1cc(Br)cs1)C1CCCCC1O. The summed E-state index contributed by atoms with van der Waals surface area (Å²) in [5.74, 6) is 0. The number of nitrogens with zero attached hydrogens (tertiary/aromatic N) is 1. The third-order valence-corrected chi connectivity index (χ3v) is 5.64. The molecule has 0 radical (unpaired) electrons. The molecule has 1 heterocycles. The molecule has 1 aromatic heterocycles. The van der Waals surface area contributed by atoms with Gasteiger partial charge in [-0.2, -0.15) is 0 Å². The number of likely N-dealkylation sites (N-methyl/N-ethyl adjacent to an activating group) is 1. The zero-order valence-electron chi connectivity index (χ0n) is 10.7. The van der Waals surface area contributed by atoms with Gasteiger partial charge in [-0.1, -0.05) is 12.8 Å². The molecule has 1 aliphatic rings. The topological polar surface area (TPSA) is 49.5 Å². The van der Waals surface area contributed by atoms with Gasteiger partial charge in [0, 0.05) is 27.3 Å². The Morgan fingerprint density at radius 2 is 2.28 bits per heavy atom. The number of aliphatic hydroxyl groups is 1. The highest BCUT2D eigenvalue weighted by molar-refractivity contribution is 9.10. The summed E-state index contributed by atoms with van der Waals surface area (Å²) in [5, 5.41) is 12.2. The lowest BCUT2D eigenvalue weighted by molar-refractivity contribution is 0.0144. The van der Waals surface area contributed by atoms with Crippen molar-refractivity contribution in [2.75, 3.05) is 13.6 Å². The summed E-state index contributed by atoms with van der Waals surface area (Å²) in [6.07, 6.45) is 4.13.